The summed E-state index contributed by atoms with van der Waals surface area (Å²) in [6.45, 7) is 4.94. The molecule has 3 aromatic rings. The summed E-state index contributed by atoms with van der Waals surface area (Å²) in [7, 11) is 0. The van der Waals surface area contributed by atoms with Crippen molar-refractivity contribution in [3.63, 3.8) is 0 Å². The summed E-state index contributed by atoms with van der Waals surface area (Å²) in [4.78, 5) is 11.8. The van der Waals surface area contributed by atoms with Gasteiger partial charge in [0.25, 0.3) is 0 Å². The van der Waals surface area contributed by atoms with Gasteiger partial charge in [-0.05, 0) is 36.6 Å². The van der Waals surface area contributed by atoms with Crippen molar-refractivity contribution in [3.8, 4) is 6.07 Å². The van der Waals surface area contributed by atoms with Gasteiger partial charge in [0.2, 0.25) is 5.95 Å². The molecule has 0 amide bonds. The Morgan fingerprint density at radius 1 is 1.10 bits per heavy atom. The van der Waals surface area contributed by atoms with Gasteiger partial charge in [-0.3, -0.25) is 0 Å². The maximum absolute atomic E-state index is 9.15. The summed E-state index contributed by atoms with van der Waals surface area (Å²) in [5.41, 5.74) is 3.77. The lowest BCUT2D eigenvalue weighted by Gasteiger charge is -2.20. The van der Waals surface area contributed by atoms with E-state index in [1.165, 1.54) is 5.56 Å². The van der Waals surface area contributed by atoms with Crippen LogP contribution in [0.5, 0.6) is 0 Å². The second-order valence-corrected chi connectivity index (χ2v) is 7.91. The number of hydrogen-bond donors (Lipinski definition) is 2. The van der Waals surface area contributed by atoms with Crippen LogP contribution in [0.2, 0.25) is 0 Å². The molecule has 1 aliphatic rings. The van der Waals surface area contributed by atoms with Crippen LogP contribution in [0.4, 0.5) is 17.5 Å². The van der Waals surface area contributed by atoms with Crippen LogP contribution in [0, 0.1) is 11.3 Å². The summed E-state index contributed by atoms with van der Waals surface area (Å²) in [6, 6.07) is 22.6. The predicted octanol–water partition coefficient (Wildman–Crippen LogP) is 4.41. The molecule has 31 heavy (non-hydrogen) atoms. The third kappa shape index (κ3) is 5.59. The molecule has 1 saturated heterocycles. The Balaban J connectivity index is 1.46. The summed E-state index contributed by atoms with van der Waals surface area (Å²) >= 11 is 0. The molecule has 158 valence electrons. The Morgan fingerprint density at radius 3 is 2.77 bits per heavy atom. The fourth-order valence-corrected chi connectivity index (χ4v) is 3.87. The predicted molar refractivity (Wildman–Crippen MR) is 124 cm³/mol. The van der Waals surface area contributed by atoms with Gasteiger partial charge < -0.3 is 15.5 Å². The Kier molecular flexibility index (Phi) is 6.75. The van der Waals surface area contributed by atoms with Gasteiger partial charge in [0.05, 0.1) is 11.6 Å². The van der Waals surface area contributed by atoms with E-state index in [4.69, 9.17) is 15.2 Å². The van der Waals surface area contributed by atoms with Crippen molar-refractivity contribution in [1.82, 2.24) is 15.3 Å². The van der Waals surface area contributed by atoms with Gasteiger partial charge in [0, 0.05) is 43.1 Å². The van der Waals surface area contributed by atoms with Gasteiger partial charge in [-0.2, -0.15) is 10.2 Å². The first-order valence-electron chi connectivity index (χ1n) is 10.9. The first-order chi connectivity index (χ1) is 15.2. The quantitative estimate of drug-likeness (QED) is 0.571. The molecule has 1 fully saturated rings. The number of aromatic nitrogens is 2. The van der Waals surface area contributed by atoms with Gasteiger partial charge in [0.15, 0.2) is 0 Å². The smallest absolute Gasteiger partial charge is 0.229 e. The largest absolute Gasteiger partial charge is 0.355 e. The van der Waals surface area contributed by atoms with Gasteiger partial charge in [0.1, 0.15) is 5.82 Å². The van der Waals surface area contributed by atoms with Crippen LogP contribution in [0.3, 0.4) is 0 Å². The van der Waals surface area contributed by atoms with Gasteiger partial charge >= 0.3 is 0 Å². The fourth-order valence-electron chi connectivity index (χ4n) is 3.87. The summed E-state index contributed by atoms with van der Waals surface area (Å²) < 4.78 is 0. The Labute approximate surface area is 184 Å². The van der Waals surface area contributed by atoms with E-state index in [1.807, 2.05) is 24.3 Å². The van der Waals surface area contributed by atoms with Crippen LogP contribution in [0.1, 0.15) is 36.6 Å². The molecule has 1 aliphatic heterocycles. The molecular formula is C25H28N6. The molecule has 1 aromatic heterocycles. The molecule has 2 heterocycles. The van der Waals surface area contributed by atoms with E-state index < -0.39 is 0 Å². The number of aryl methyl sites for hydroxylation is 1. The molecule has 6 nitrogen and oxygen atoms in total. The Morgan fingerprint density at radius 2 is 1.97 bits per heavy atom. The molecule has 1 unspecified atom stereocenters. The number of nitriles is 1. The lowest BCUT2D eigenvalue weighted by atomic mass is 10.2. The molecule has 0 saturated carbocycles. The van der Waals surface area contributed by atoms with Crippen LogP contribution < -0.4 is 15.5 Å². The number of anilines is 3. The maximum atomic E-state index is 9.15. The summed E-state index contributed by atoms with van der Waals surface area (Å²) in [6.07, 6.45) is 3.03. The second kappa shape index (κ2) is 10.1. The molecule has 0 spiro atoms. The van der Waals surface area contributed by atoms with E-state index in [1.54, 1.807) is 6.07 Å². The summed E-state index contributed by atoms with van der Waals surface area (Å²) in [5, 5.41) is 16.1. The summed E-state index contributed by atoms with van der Waals surface area (Å²) in [5.74, 6) is 1.54. The standard InChI is InChI=1S/C25H28N6/c1-2-7-21-15-24(30-25(28-21)29-22-11-6-10-20(14-22)16-26)31-13-12-23(18-31)27-17-19-8-4-3-5-9-19/h3-6,8-11,14-15,23,27H,2,7,12-13,17-18H2,1H3,(H,28,29,30). The highest BCUT2D eigenvalue weighted by Crippen LogP contribution is 2.23. The topological polar surface area (TPSA) is 76.9 Å². The average molecular weight is 413 g/mol. The van der Waals surface area contributed by atoms with Gasteiger partial charge in [-0.25, -0.2) is 4.98 Å². The van der Waals surface area contributed by atoms with E-state index >= 15 is 0 Å². The zero-order valence-corrected chi connectivity index (χ0v) is 17.9. The number of nitrogens with zero attached hydrogens (tertiary/aromatic N) is 4. The molecule has 0 radical (unpaired) electrons. The van der Waals surface area contributed by atoms with Crippen molar-refractivity contribution < 1.29 is 0 Å². The van der Waals surface area contributed by atoms with Crippen molar-refractivity contribution in [2.75, 3.05) is 23.3 Å². The maximum Gasteiger partial charge on any atom is 0.229 e. The van der Waals surface area contributed by atoms with E-state index in [-0.39, 0.29) is 0 Å². The van der Waals surface area contributed by atoms with Crippen LogP contribution in [0.15, 0.2) is 60.7 Å². The lowest BCUT2D eigenvalue weighted by Crippen LogP contribution is -2.32. The molecule has 0 aliphatic carbocycles. The minimum Gasteiger partial charge on any atom is -0.355 e. The average Bonchev–Trinajstić information content (AvgIpc) is 3.28. The van der Waals surface area contributed by atoms with Gasteiger partial charge in [-0.1, -0.05) is 49.7 Å². The number of rotatable bonds is 8. The second-order valence-electron chi connectivity index (χ2n) is 7.91. The van der Waals surface area contributed by atoms with Crippen LogP contribution in [-0.2, 0) is 13.0 Å². The molecule has 1 atom stereocenters. The van der Waals surface area contributed by atoms with Crippen molar-refractivity contribution in [1.29, 1.82) is 5.26 Å². The Bertz CT molecular complexity index is 1040. The minimum atomic E-state index is 0.438. The van der Waals surface area contributed by atoms with Crippen LogP contribution in [0.25, 0.3) is 0 Å². The normalized spacial score (nSPS) is 15.6. The third-order valence-corrected chi connectivity index (χ3v) is 5.47. The van der Waals surface area contributed by atoms with E-state index in [9.17, 15) is 0 Å². The number of nitrogens with one attached hydrogen (secondary N) is 2. The van der Waals surface area contributed by atoms with E-state index in [0.717, 1.165) is 56.1 Å². The molecule has 6 heteroatoms. The highest BCUT2D eigenvalue weighted by Gasteiger charge is 2.24. The van der Waals surface area contributed by atoms with Crippen molar-refractivity contribution in [3.05, 3.63) is 77.5 Å². The first kappa shape index (κ1) is 20.8. The molecule has 2 N–H and O–H groups in total. The minimum absolute atomic E-state index is 0.438. The van der Waals surface area contributed by atoms with E-state index in [0.29, 0.717) is 17.6 Å². The highest BCUT2D eigenvalue weighted by molar-refractivity contribution is 5.58. The SMILES string of the molecule is CCCc1cc(N2CCC(NCc3ccccc3)C2)nc(Nc2cccc(C#N)c2)n1. The zero-order chi connectivity index (χ0) is 21.5. The monoisotopic (exact) mass is 412 g/mol. The van der Waals surface area contributed by atoms with Crippen molar-refractivity contribution in [2.24, 2.45) is 0 Å². The van der Waals surface area contributed by atoms with Crippen LogP contribution in [-0.4, -0.2) is 29.1 Å². The Hall–Kier alpha value is -3.43. The van der Waals surface area contributed by atoms with Crippen molar-refractivity contribution >= 4 is 17.5 Å². The number of hydrogen-bond acceptors (Lipinski definition) is 6. The van der Waals surface area contributed by atoms with Crippen molar-refractivity contribution in [2.45, 2.75) is 38.8 Å². The molecular weight excluding hydrogens is 384 g/mol. The molecule has 0 bridgehead atoms. The third-order valence-electron chi connectivity index (χ3n) is 5.47. The molecule has 4 rings (SSSR count). The number of benzene rings is 2. The fraction of sp³-hybridized carbons (Fsp3) is 0.320. The first-order valence-corrected chi connectivity index (χ1v) is 10.9. The highest BCUT2D eigenvalue weighted by atomic mass is 15.3. The van der Waals surface area contributed by atoms with E-state index in [2.05, 4.69) is 58.9 Å². The van der Waals surface area contributed by atoms with Crippen LogP contribution >= 0.6 is 0 Å². The lowest BCUT2D eigenvalue weighted by molar-refractivity contribution is 0.551. The zero-order valence-electron chi connectivity index (χ0n) is 17.9. The molecule has 2 aromatic carbocycles. The van der Waals surface area contributed by atoms with Gasteiger partial charge in [-0.15, -0.1) is 0 Å².